The zero-order valence-corrected chi connectivity index (χ0v) is 12.0. The van der Waals surface area contributed by atoms with Crippen LogP contribution in [-0.4, -0.2) is 37.5 Å². The van der Waals surface area contributed by atoms with E-state index in [4.69, 9.17) is 0 Å². The Labute approximate surface area is 110 Å². The molecule has 0 heterocycles. The summed E-state index contributed by atoms with van der Waals surface area (Å²) in [5, 5.41) is 8.69. The molecule has 0 fully saturated rings. The fraction of sp³-hybridized carbons (Fsp3) is 0.846. The highest BCUT2D eigenvalue weighted by Crippen LogP contribution is 1.89. The third kappa shape index (κ3) is 8.98. The van der Waals surface area contributed by atoms with Crippen molar-refractivity contribution in [2.45, 2.75) is 46.6 Å². The third-order valence-electron chi connectivity index (χ3n) is 2.45. The molecule has 2 amide bonds. The topological polar surface area (TPSA) is 70.2 Å². The van der Waals surface area contributed by atoms with Gasteiger partial charge in [-0.15, -0.1) is 0 Å². The van der Waals surface area contributed by atoms with Crippen LogP contribution in [0, 0.1) is 5.92 Å². The molecule has 0 radical (unpaired) electrons. The standard InChI is InChI=1S/C13H27N3O2/c1-5-7-15-12(17)6-8-14-11(4)13(18)16-9-10(2)3/h10-11,14H,5-9H2,1-4H3,(H,15,17)(H,16,18). The van der Waals surface area contributed by atoms with Gasteiger partial charge in [0.15, 0.2) is 0 Å². The predicted molar refractivity (Wildman–Crippen MR) is 73.2 cm³/mol. The van der Waals surface area contributed by atoms with Crippen LogP contribution in [0.3, 0.4) is 0 Å². The summed E-state index contributed by atoms with van der Waals surface area (Å²) >= 11 is 0. The normalized spacial score (nSPS) is 12.3. The van der Waals surface area contributed by atoms with Gasteiger partial charge in [-0.2, -0.15) is 0 Å². The molecule has 0 spiro atoms. The number of amides is 2. The Morgan fingerprint density at radius 1 is 1.06 bits per heavy atom. The van der Waals surface area contributed by atoms with E-state index in [1.165, 1.54) is 0 Å². The average molecular weight is 257 g/mol. The molecule has 0 bridgehead atoms. The number of hydrogen-bond donors (Lipinski definition) is 3. The second-order valence-electron chi connectivity index (χ2n) is 4.91. The molecule has 0 aliphatic rings. The predicted octanol–water partition coefficient (Wildman–Crippen LogP) is 0.653. The Bertz CT molecular complexity index is 255. The van der Waals surface area contributed by atoms with Gasteiger partial charge >= 0.3 is 0 Å². The number of carbonyl (C=O) groups is 2. The molecule has 0 aromatic carbocycles. The van der Waals surface area contributed by atoms with E-state index in [2.05, 4.69) is 29.8 Å². The van der Waals surface area contributed by atoms with Crippen LogP contribution in [0.4, 0.5) is 0 Å². The maximum atomic E-state index is 11.6. The van der Waals surface area contributed by atoms with E-state index >= 15 is 0 Å². The Balaban J connectivity index is 3.66. The molecular weight excluding hydrogens is 230 g/mol. The number of carbonyl (C=O) groups excluding carboxylic acids is 2. The smallest absolute Gasteiger partial charge is 0.236 e. The molecule has 0 aromatic rings. The van der Waals surface area contributed by atoms with Crippen molar-refractivity contribution in [3.8, 4) is 0 Å². The summed E-state index contributed by atoms with van der Waals surface area (Å²) in [5.74, 6) is 0.456. The van der Waals surface area contributed by atoms with E-state index in [0.29, 0.717) is 32.0 Å². The maximum absolute atomic E-state index is 11.6. The van der Waals surface area contributed by atoms with Gasteiger partial charge in [0, 0.05) is 26.1 Å². The van der Waals surface area contributed by atoms with Gasteiger partial charge in [0.05, 0.1) is 6.04 Å². The summed E-state index contributed by atoms with van der Waals surface area (Å²) in [5.41, 5.74) is 0. The number of nitrogens with one attached hydrogen (secondary N) is 3. The highest BCUT2D eigenvalue weighted by atomic mass is 16.2. The summed E-state index contributed by atoms with van der Waals surface area (Å²) in [4.78, 5) is 22.9. The van der Waals surface area contributed by atoms with Gasteiger partial charge in [-0.1, -0.05) is 20.8 Å². The third-order valence-corrected chi connectivity index (χ3v) is 2.45. The van der Waals surface area contributed by atoms with E-state index in [9.17, 15) is 9.59 Å². The van der Waals surface area contributed by atoms with Crippen molar-refractivity contribution >= 4 is 11.8 Å². The van der Waals surface area contributed by atoms with Gasteiger partial charge < -0.3 is 16.0 Å². The van der Waals surface area contributed by atoms with Crippen molar-refractivity contribution < 1.29 is 9.59 Å². The first-order valence-corrected chi connectivity index (χ1v) is 6.75. The monoisotopic (exact) mass is 257 g/mol. The zero-order chi connectivity index (χ0) is 14.0. The molecule has 18 heavy (non-hydrogen) atoms. The lowest BCUT2D eigenvalue weighted by Gasteiger charge is -2.15. The van der Waals surface area contributed by atoms with E-state index in [-0.39, 0.29) is 17.9 Å². The minimum atomic E-state index is -0.261. The molecule has 3 N–H and O–H groups in total. The molecule has 0 saturated heterocycles. The minimum Gasteiger partial charge on any atom is -0.356 e. The van der Waals surface area contributed by atoms with E-state index in [1.807, 2.05) is 6.92 Å². The second kappa shape index (κ2) is 9.88. The lowest BCUT2D eigenvalue weighted by molar-refractivity contribution is -0.124. The van der Waals surface area contributed by atoms with Gasteiger partial charge in [-0.05, 0) is 19.3 Å². The first-order valence-electron chi connectivity index (χ1n) is 6.75. The molecule has 5 nitrogen and oxygen atoms in total. The fourth-order valence-electron chi connectivity index (χ4n) is 1.31. The van der Waals surface area contributed by atoms with Crippen molar-refractivity contribution in [1.29, 1.82) is 0 Å². The molecule has 0 aliphatic carbocycles. The Hall–Kier alpha value is -1.10. The Morgan fingerprint density at radius 2 is 1.72 bits per heavy atom. The van der Waals surface area contributed by atoms with Crippen molar-refractivity contribution in [2.75, 3.05) is 19.6 Å². The second-order valence-corrected chi connectivity index (χ2v) is 4.91. The van der Waals surface area contributed by atoms with E-state index in [1.54, 1.807) is 6.92 Å². The zero-order valence-electron chi connectivity index (χ0n) is 12.0. The molecule has 106 valence electrons. The first-order chi connectivity index (χ1) is 8.47. The quantitative estimate of drug-likeness (QED) is 0.568. The van der Waals surface area contributed by atoms with Crippen LogP contribution in [0.2, 0.25) is 0 Å². The summed E-state index contributed by atoms with van der Waals surface area (Å²) in [6.07, 6.45) is 1.34. The highest BCUT2D eigenvalue weighted by Gasteiger charge is 2.12. The van der Waals surface area contributed by atoms with Crippen molar-refractivity contribution in [3.63, 3.8) is 0 Å². The Morgan fingerprint density at radius 3 is 2.28 bits per heavy atom. The van der Waals surface area contributed by atoms with Crippen molar-refractivity contribution in [2.24, 2.45) is 5.92 Å². The lowest BCUT2D eigenvalue weighted by atomic mass is 10.2. The fourth-order valence-corrected chi connectivity index (χ4v) is 1.31. The molecule has 5 heteroatoms. The maximum Gasteiger partial charge on any atom is 0.236 e. The molecule has 0 saturated carbocycles. The van der Waals surface area contributed by atoms with Crippen LogP contribution < -0.4 is 16.0 Å². The molecule has 0 rings (SSSR count). The molecule has 1 atom stereocenters. The van der Waals surface area contributed by atoms with Crippen LogP contribution in [-0.2, 0) is 9.59 Å². The first kappa shape index (κ1) is 16.9. The molecule has 1 unspecified atom stereocenters. The lowest BCUT2D eigenvalue weighted by Crippen LogP contribution is -2.44. The number of hydrogen-bond acceptors (Lipinski definition) is 3. The van der Waals surface area contributed by atoms with E-state index in [0.717, 1.165) is 6.42 Å². The van der Waals surface area contributed by atoms with Crippen LogP contribution in [0.25, 0.3) is 0 Å². The Kier molecular flexibility index (Phi) is 9.28. The van der Waals surface area contributed by atoms with Gasteiger partial charge in [0.25, 0.3) is 0 Å². The van der Waals surface area contributed by atoms with Gasteiger partial charge in [-0.25, -0.2) is 0 Å². The van der Waals surface area contributed by atoms with Crippen LogP contribution in [0.5, 0.6) is 0 Å². The van der Waals surface area contributed by atoms with Gasteiger partial charge in [0.1, 0.15) is 0 Å². The van der Waals surface area contributed by atoms with Crippen LogP contribution >= 0.6 is 0 Å². The van der Waals surface area contributed by atoms with Gasteiger partial charge in [-0.3, -0.25) is 9.59 Å². The SMILES string of the molecule is CCCNC(=O)CCNC(C)C(=O)NCC(C)C. The van der Waals surface area contributed by atoms with Crippen molar-refractivity contribution in [3.05, 3.63) is 0 Å². The summed E-state index contributed by atoms with van der Waals surface area (Å²) in [6.45, 7) is 9.84. The number of rotatable bonds is 9. The molecule has 0 aromatic heterocycles. The van der Waals surface area contributed by atoms with E-state index < -0.39 is 0 Å². The van der Waals surface area contributed by atoms with Crippen LogP contribution in [0.1, 0.15) is 40.5 Å². The van der Waals surface area contributed by atoms with Gasteiger partial charge in [0.2, 0.25) is 11.8 Å². The minimum absolute atomic E-state index is 0.0160. The van der Waals surface area contributed by atoms with Crippen LogP contribution in [0.15, 0.2) is 0 Å². The molecular formula is C13H27N3O2. The molecule has 0 aliphatic heterocycles. The summed E-state index contributed by atoms with van der Waals surface area (Å²) < 4.78 is 0. The average Bonchev–Trinajstić information content (AvgIpc) is 2.33. The highest BCUT2D eigenvalue weighted by molar-refractivity contribution is 5.81. The summed E-state index contributed by atoms with van der Waals surface area (Å²) in [6, 6.07) is -0.261. The summed E-state index contributed by atoms with van der Waals surface area (Å²) in [7, 11) is 0. The van der Waals surface area contributed by atoms with Crippen molar-refractivity contribution in [1.82, 2.24) is 16.0 Å². The largest absolute Gasteiger partial charge is 0.356 e.